The monoisotopic (exact) mass is 314 g/mol. The largest absolute Gasteiger partial charge is 0.496 e. The Kier molecular flexibility index (Phi) is 3.81. The molecular formula is C17H11FO3S. The zero-order valence-electron chi connectivity index (χ0n) is 11.6. The van der Waals surface area contributed by atoms with Gasteiger partial charge in [-0.2, -0.15) is 0 Å². The van der Waals surface area contributed by atoms with Gasteiger partial charge in [0.1, 0.15) is 11.6 Å². The Morgan fingerprint density at radius 3 is 2.59 bits per heavy atom. The van der Waals surface area contributed by atoms with Crippen molar-refractivity contribution >= 4 is 23.3 Å². The van der Waals surface area contributed by atoms with Gasteiger partial charge in [-0.05, 0) is 30.3 Å². The average molecular weight is 314 g/mol. The van der Waals surface area contributed by atoms with Crippen molar-refractivity contribution in [2.45, 2.75) is 4.90 Å². The summed E-state index contributed by atoms with van der Waals surface area (Å²) in [6.45, 7) is 0. The standard InChI is InChI=1S/C17H11FO3S/c1-21-14-7-3-6-12-16(14)13(19)9-15(17(12)20)22-11-5-2-4-10(18)8-11/h2-9H,1H3. The lowest BCUT2D eigenvalue weighted by Crippen LogP contribution is -2.16. The number of methoxy groups -OCH3 is 1. The maximum absolute atomic E-state index is 13.2. The summed E-state index contributed by atoms with van der Waals surface area (Å²) in [5.74, 6) is -0.558. The van der Waals surface area contributed by atoms with Crippen LogP contribution in [0.1, 0.15) is 20.7 Å². The number of ether oxygens (including phenoxy) is 1. The third kappa shape index (κ3) is 2.55. The molecule has 0 N–H and O–H groups in total. The lowest BCUT2D eigenvalue weighted by atomic mass is 9.94. The van der Waals surface area contributed by atoms with E-state index >= 15 is 0 Å². The van der Waals surface area contributed by atoms with Gasteiger partial charge in [0.05, 0.1) is 17.6 Å². The molecule has 0 amide bonds. The van der Waals surface area contributed by atoms with Crippen molar-refractivity contribution in [1.29, 1.82) is 0 Å². The average Bonchev–Trinajstić information content (AvgIpc) is 2.51. The molecule has 2 aromatic carbocycles. The fourth-order valence-electron chi connectivity index (χ4n) is 2.27. The molecule has 110 valence electrons. The number of benzene rings is 2. The maximum Gasteiger partial charge on any atom is 0.200 e. The summed E-state index contributed by atoms with van der Waals surface area (Å²) in [5, 5.41) is 0. The predicted molar refractivity (Wildman–Crippen MR) is 82.0 cm³/mol. The number of fused-ring (bicyclic) bond motifs is 1. The van der Waals surface area contributed by atoms with Crippen LogP contribution >= 0.6 is 11.8 Å². The van der Waals surface area contributed by atoms with Crippen molar-refractivity contribution in [3.8, 4) is 5.75 Å². The Bertz CT molecular complexity index is 811. The highest BCUT2D eigenvalue weighted by Crippen LogP contribution is 2.36. The second kappa shape index (κ2) is 5.77. The summed E-state index contributed by atoms with van der Waals surface area (Å²) in [6, 6.07) is 10.8. The van der Waals surface area contributed by atoms with Gasteiger partial charge in [0.2, 0.25) is 5.78 Å². The van der Waals surface area contributed by atoms with Crippen LogP contribution in [0.15, 0.2) is 58.3 Å². The second-order valence-electron chi connectivity index (χ2n) is 4.64. The number of allylic oxidation sites excluding steroid dienone is 2. The van der Waals surface area contributed by atoms with Gasteiger partial charge in [-0.25, -0.2) is 4.39 Å². The molecule has 3 nitrogen and oxygen atoms in total. The predicted octanol–water partition coefficient (Wildman–Crippen LogP) is 3.89. The van der Waals surface area contributed by atoms with Crippen LogP contribution in [0.5, 0.6) is 5.75 Å². The van der Waals surface area contributed by atoms with E-state index in [-0.39, 0.29) is 27.9 Å². The van der Waals surface area contributed by atoms with Gasteiger partial charge >= 0.3 is 0 Å². The molecule has 0 saturated carbocycles. The summed E-state index contributed by atoms with van der Waals surface area (Å²) >= 11 is 1.08. The first-order valence-corrected chi connectivity index (χ1v) is 7.33. The minimum absolute atomic E-state index is 0.261. The molecule has 5 heteroatoms. The Hall–Kier alpha value is -2.40. The van der Waals surface area contributed by atoms with E-state index in [0.29, 0.717) is 16.2 Å². The third-order valence-corrected chi connectivity index (χ3v) is 4.26. The molecule has 0 saturated heterocycles. The van der Waals surface area contributed by atoms with Crippen LogP contribution in [-0.2, 0) is 0 Å². The van der Waals surface area contributed by atoms with Crippen molar-refractivity contribution in [3.05, 3.63) is 70.4 Å². The number of hydrogen-bond acceptors (Lipinski definition) is 4. The van der Waals surface area contributed by atoms with Gasteiger partial charge in [0.25, 0.3) is 0 Å². The van der Waals surface area contributed by atoms with Gasteiger partial charge in [-0.3, -0.25) is 9.59 Å². The van der Waals surface area contributed by atoms with Crippen molar-refractivity contribution in [2.24, 2.45) is 0 Å². The molecule has 0 aromatic heterocycles. The quantitative estimate of drug-likeness (QED) is 0.862. The highest BCUT2D eigenvalue weighted by atomic mass is 32.2. The molecule has 0 bridgehead atoms. The smallest absolute Gasteiger partial charge is 0.200 e. The van der Waals surface area contributed by atoms with Crippen molar-refractivity contribution in [2.75, 3.05) is 7.11 Å². The van der Waals surface area contributed by atoms with E-state index < -0.39 is 0 Å². The third-order valence-electron chi connectivity index (χ3n) is 3.25. The van der Waals surface area contributed by atoms with Crippen LogP contribution in [0.4, 0.5) is 4.39 Å². The molecule has 0 heterocycles. The number of rotatable bonds is 3. The number of thioether (sulfide) groups is 1. The molecular weight excluding hydrogens is 303 g/mol. The van der Waals surface area contributed by atoms with Gasteiger partial charge in [-0.1, -0.05) is 23.9 Å². The first-order valence-electron chi connectivity index (χ1n) is 6.51. The van der Waals surface area contributed by atoms with Crippen LogP contribution in [-0.4, -0.2) is 18.7 Å². The van der Waals surface area contributed by atoms with Gasteiger partial charge in [0, 0.05) is 16.5 Å². The summed E-state index contributed by atoms with van der Waals surface area (Å²) in [6.07, 6.45) is 1.28. The van der Waals surface area contributed by atoms with E-state index in [2.05, 4.69) is 0 Å². The summed E-state index contributed by atoms with van der Waals surface area (Å²) in [7, 11) is 1.45. The van der Waals surface area contributed by atoms with Crippen LogP contribution in [0.25, 0.3) is 0 Å². The molecule has 0 radical (unpaired) electrons. The number of carbonyl (C=O) groups excluding carboxylic acids is 2. The Morgan fingerprint density at radius 1 is 1.09 bits per heavy atom. The molecule has 1 aliphatic rings. The number of halogens is 1. The fourth-order valence-corrected chi connectivity index (χ4v) is 3.21. The molecule has 2 aromatic rings. The fraction of sp³-hybridized carbons (Fsp3) is 0.0588. The molecule has 0 fully saturated rings. The van der Waals surface area contributed by atoms with Crippen molar-refractivity contribution < 1.29 is 18.7 Å². The van der Waals surface area contributed by atoms with E-state index in [1.54, 1.807) is 30.3 Å². The van der Waals surface area contributed by atoms with Crippen LogP contribution < -0.4 is 4.74 Å². The SMILES string of the molecule is COc1cccc2c1C(=O)C=C(Sc1cccc(F)c1)C2=O. The number of carbonyl (C=O) groups is 2. The lowest BCUT2D eigenvalue weighted by molar-refractivity contribution is 0.0988. The first-order chi connectivity index (χ1) is 10.6. The van der Waals surface area contributed by atoms with E-state index in [1.807, 2.05) is 0 Å². The summed E-state index contributed by atoms with van der Waals surface area (Å²) in [4.78, 5) is 25.7. The topological polar surface area (TPSA) is 43.4 Å². The second-order valence-corrected chi connectivity index (χ2v) is 5.76. The van der Waals surface area contributed by atoms with E-state index in [0.717, 1.165) is 11.8 Å². The first kappa shape index (κ1) is 14.5. The van der Waals surface area contributed by atoms with Crippen molar-refractivity contribution in [3.63, 3.8) is 0 Å². The normalized spacial score (nSPS) is 13.6. The Morgan fingerprint density at radius 2 is 1.86 bits per heavy atom. The molecule has 3 rings (SSSR count). The number of Topliss-reactive ketones (excluding diaryl/α,β-unsaturated/α-hetero) is 1. The van der Waals surface area contributed by atoms with Crippen LogP contribution in [0, 0.1) is 5.82 Å². The van der Waals surface area contributed by atoms with E-state index in [4.69, 9.17) is 4.74 Å². The zero-order valence-corrected chi connectivity index (χ0v) is 12.4. The Labute approximate surface area is 130 Å². The zero-order chi connectivity index (χ0) is 15.7. The van der Waals surface area contributed by atoms with Crippen molar-refractivity contribution in [1.82, 2.24) is 0 Å². The molecule has 0 atom stereocenters. The van der Waals surface area contributed by atoms with Crippen LogP contribution in [0.2, 0.25) is 0 Å². The van der Waals surface area contributed by atoms with E-state index in [9.17, 15) is 14.0 Å². The molecule has 1 aliphatic carbocycles. The Balaban J connectivity index is 1.99. The minimum atomic E-state index is -0.387. The minimum Gasteiger partial charge on any atom is -0.496 e. The maximum atomic E-state index is 13.2. The summed E-state index contributed by atoms with van der Waals surface area (Å²) in [5.41, 5.74) is 0.587. The molecule has 22 heavy (non-hydrogen) atoms. The van der Waals surface area contributed by atoms with Gasteiger partial charge in [-0.15, -0.1) is 0 Å². The highest BCUT2D eigenvalue weighted by Gasteiger charge is 2.28. The molecule has 0 unspecified atom stereocenters. The van der Waals surface area contributed by atoms with E-state index in [1.165, 1.54) is 25.3 Å². The lowest BCUT2D eigenvalue weighted by Gasteiger charge is -2.17. The number of hydrogen-bond donors (Lipinski definition) is 0. The van der Waals surface area contributed by atoms with Gasteiger partial charge in [0.15, 0.2) is 5.78 Å². The van der Waals surface area contributed by atoms with Gasteiger partial charge < -0.3 is 4.74 Å². The molecule has 0 aliphatic heterocycles. The number of ketones is 2. The summed E-state index contributed by atoms with van der Waals surface area (Å²) < 4.78 is 18.4. The molecule has 0 spiro atoms. The highest BCUT2D eigenvalue weighted by molar-refractivity contribution is 8.04. The van der Waals surface area contributed by atoms with Crippen LogP contribution in [0.3, 0.4) is 0 Å².